The molecule has 0 aromatic rings. The molecule has 0 radical (unpaired) electrons. The second-order valence-corrected chi connectivity index (χ2v) is 10.4. The molecule has 2 unspecified atom stereocenters. The Labute approximate surface area is 196 Å². The van der Waals surface area contributed by atoms with Crippen molar-refractivity contribution in [3.63, 3.8) is 0 Å². The normalized spacial score (nSPS) is 18.2. The Morgan fingerprint density at radius 1 is 1.15 bits per heavy atom. The van der Waals surface area contributed by atoms with Crippen LogP contribution in [0.2, 0.25) is 0 Å². The molecule has 192 valence electrons. The highest BCUT2D eigenvalue weighted by molar-refractivity contribution is 7.87. The van der Waals surface area contributed by atoms with Gasteiger partial charge in [-0.3, -0.25) is 4.79 Å². The van der Waals surface area contributed by atoms with Crippen molar-refractivity contribution in [2.75, 3.05) is 7.11 Å². The number of halogens is 3. The van der Waals surface area contributed by atoms with Crippen LogP contribution in [0.3, 0.4) is 0 Å². The third-order valence-corrected chi connectivity index (χ3v) is 7.02. The Kier molecular flexibility index (Phi) is 13.1. The number of rotatable bonds is 16. The van der Waals surface area contributed by atoms with Crippen LogP contribution in [0.5, 0.6) is 0 Å². The van der Waals surface area contributed by atoms with Gasteiger partial charge in [-0.15, -0.1) is 0 Å². The first-order chi connectivity index (χ1) is 15.5. The molecule has 0 aromatic carbocycles. The molecule has 1 rings (SSSR count). The highest BCUT2D eigenvalue weighted by Crippen LogP contribution is 2.40. The fraction of sp³-hybridized carbons (Fsp3) is 0.792. The molecular weight excluding hydrogens is 457 g/mol. The van der Waals surface area contributed by atoms with Crippen LogP contribution in [-0.2, 0) is 23.8 Å². The zero-order valence-electron chi connectivity index (χ0n) is 20.1. The van der Waals surface area contributed by atoms with Crippen molar-refractivity contribution in [1.82, 2.24) is 0 Å². The topological polar surface area (TPSA) is 69.7 Å². The standard InChI is InChI=1S/C24H39F3O5S/c1-4-5-12-19(2)13-10-11-14-20-17-18-22(32-33(29,30)24(25,26)27)21(20)15-8-6-7-9-16-23(28)31-3/h11,14,19-20H,4-10,12-13,15-18H2,1-3H3/b14-11+. The monoisotopic (exact) mass is 496 g/mol. The van der Waals surface area contributed by atoms with Gasteiger partial charge >= 0.3 is 21.6 Å². The highest BCUT2D eigenvalue weighted by Gasteiger charge is 2.49. The molecule has 0 heterocycles. The summed E-state index contributed by atoms with van der Waals surface area (Å²) in [6, 6.07) is 0. The maximum Gasteiger partial charge on any atom is 0.534 e. The van der Waals surface area contributed by atoms with Gasteiger partial charge in [0.25, 0.3) is 0 Å². The Hall–Kier alpha value is -1.51. The minimum absolute atomic E-state index is 0.0622. The van der Waals surface area contributed by atoms with E-state index in [-0.39, 0.29) is 24.1 Å². The number of unbranched alkanes of at least 4 members (excludes halogenated alkanes) is 4. The quantitative estimate of drug-likeness (QED) is 0.0743. The van der Waals surface area contributed by atoms with Gasteiger partial charge in [-0.1, -0.05) is 58.1 Å². The second-order valence-electron chi connectivity index (χ2n) is 8.82. The van der Waals surface area contributed by atoms with Crippen molar-refractivity contribution in [3.8, 4) is 0 Å². The molecule has 0 bridgehead atoms. The van der Waals surface area contributed by atoms with E-state index in [2.05, 4.69) is 28.8 Å². The van der Waals surface area contributed by atoms with Crippen molar-refractivity contribution >= 4 is 16.1 Å². The average molecular weight is 497 g/mol. The van der Waals surface area contributed by atoms with E-state index in [0.717, 1.165) is 25.7 Å². The minimum atomic E-state index is -5.67. The summed E-state index contributed by atoms with van der Waals surface area (Å²) >= 11 is 0. The fourth-order valence-electron chi connectivity index (χ4n) is 4.02. The summed E-state index contributed by atoms with van der Waals surface area (Å²) in [5, 5.41) is 0. The predicted octanol–water partition coefficient (Wildman–Crippen LogP) is 7.19. The van der Waals surface area contributed by atoms with Crippen molar-refractivity contribution in [3.05, 3.63) is 23.5 Å². The van der Waals surface area contributed by atoms with Gasteiger partial charge in [0.05, 0.1) is 7.11 Å². The number of esters is 1. The van der Waals surface area contributed by atoms with E-state index >= 15 is 0 Å². The van der Waals surface area contributed by atoms with E-state index in [1.807, 2.05) is 6.08 Å². The van der Waals surface area contributed by atoms with Crippen LogP contribution in [0, 0.1) is 11.8 Å². The van der Waals surface area contributed by atoms with Gasteiger partial charge < -0.3 is 8.92 Å². The molecule has 0 aromatic heterocycles. The molecule has 0 spiro atoms. The lowest BCUT2D eigenvalue weighted by Crippen LogP contribution is -2.25. The molecule has 0 amide bonds. The van der Waals surface area contributed by atoms with Crippen LogP contribution in [0.25, 0.3) is 0 Å². The molecule has 0 saturated carbocycles. The molecule has 2 atom stereocenters. The Balaban J connectivity index is 2.75. The van der Waals surface area contributed by atoms with Gasteiger partial charge in [-0.05, 0) is 50.0 Å². The molecular formula is C24H39F3O5S. The van der Waals surface area contributed by atoms with E-state index < -0.39 is 15.6 Å². The lowest BCUT2D eigenvalue weighted by atomic mass is 9.94. The van der Waals surface area contributed by atoms with Gasteiger partial charge in [-0.2, -0.15) is 21.6 Å². The van der Waals surface area contributed by atoms with Crippen LogP contribution < -0.4 is 0 Å². The number of carbonyl (C=O) groups is 1. The number of ether oxygens (including phenoxy) is 1. The molecule has 1 aliphatic rings. The summed E-state index contributed by atoms with van der Waals surface area (Å²) in [6.07, 6.45) is 14.0. The summed E-state index contributed by atoms with van der Waals surface area (Å²) < 4.78 is 70.7. The minimum Gasteiger partial charge on any atom is -0.469 e. The van der Waals surface area contributed by atoms with Gasteiger partial charge in [0.15, 0.2) is 0 Å². The first kappa shape index (κ1) is 29.5. The first-order valence-corrected chi connectivity index (χ1v) is 13.4. The number of hydrogen-bond donors (Lipinski definition) is 0. The second kappa shape index (κ2) is 14.7. The maximum absolute atomic E-state index is 12.8. The summed E-state index contributed by atoms with van der Waals surface area (Å²) in [6.45, 7) is 4.39. The number of carbonyl (C=O) groups excluding carboxylic acids is 1. The summed E-state index contributed by atoms with van der Waals surface area (Å²) in [5.41, 5.74) is -4.80. The van der Waals surface area contributed by atoms with Crippen molar-refractivity contribution in [1.29, 1.82) is 0 Å². The van der Waals surface area contributed by atoms with E-state index in [9.17, 15) is 26.4 Å². The smallest absolute Gasteiger partial charge is 0.469 e. The average Bonchev–Trinajstić information content (AvgIpc) is 3.11. The van der Waals surface area contributed by atoms with Crippen molar-refractivity contribution in [2.24, 2.45) is 11.8 Å². The molecule has 0 N–H and O–H groups in total. The fourth-order valence-corrected chi connectivity index (χ4v) is 4.57. The van der Waals surface area contributed by atoms with Gasteiger partial charge in [-0.25, -0.2) is 0 Å². The predicted molar refractivity (Wildman–Crippen MR) is 123 cm³/mol. The molecule has 0 saturated heterocycles. The van der Waals surface area contributed by atoms with Gasteiger partial charge in [0.1, 0.15) is 5.76 Å². The number of methoxy groups -OCH3 is 1. The third-order valence-electron chi connectivity index (χ3n) is 6.03. The van der Waals surface area contributed by atoms with E-state index in [1.165, 1.54) is 26.4 Å². The van der Waals surface area contributed by atoms with Gasteiger partial charge in [0, 0.05) is 18.8 Å². The SMILES string of the molecule is CCCCC(C)CC/C=C/C1CCC(OS(=O)(=O)C(F)(F)F)=C1CCCCCCC(=O)OC. The zero-order valence-corrected chi connectivity index (χ0v) is 20.9. The molecule has 5 nitrogen and oxygen atoms in total. The van der Waals surface area contributed by atoms with Crippen molar-refractivity contribution in [2.45, 2.75) is 103 Å². The highest BCUT2D eigenvalue weighted by atomic mass is 32.2. The maximum atomic E-state index is 12.8. The summed E-state index contributed by atoms with van der Waals surface area (Å²) in [7, 11) is -4.33. The largest absolute Gasteiger partial charge is 0.534 e. The lowest BCUT2D eigenvalue weighted by Gasteiger charge is -2.14. The van der Waals surface area contributed by atoms with E-state index in [4.69, 9.17) is 0 Å². The molecule has 0 aliphatic heterocycles. The first-order valence-electron chi connectivity index (χ1n) is 12.0. The number of allylic oxidation sites excluding steroid dienone is 4. The number of alkyl halides is 3. The Morgan fingerprint density at radius 3 is 2.48 bits per heavy atom. The molecule has 9 heteroatoms. The van der Waals surface area contributed by atoms with Crippen molar-refractivity contribution < 1.29 is 35.3 Å². The van der Waals surface area contributed by atoms with Crippen LogP contribution in [0.1, 0.15) is 97.3 Å². The Morgan fingerprint density at radius 2 is 1.85 bits per heavy atom. The van der Waals surface area contributed by atoms with Crippen LogP contribution >= 0.6 is 0 Å². The third kappa shape index (κ3) is 11.0. The van der Waals surface area contributed by atoms with Crippen LogP contribution in [0.4, 0.5) is 13.2 Å². The van der Waals surface area contributed by atoms with Crippen LogP contribution in [0.15, 0.2) is 23.5 Å². The Bertz CT molecular complexity index is 757. The zero-order chi connectivity index (χ0) is 24.9. The van der Waals surface area contributed by atoms with E-state index in [0.29, 0.717) is 43.6 Å². The van der Waals surface area contributed by atoms with Gasteiger partial charge in [0.2, 0.25) is 0 Å². The summed E-state index contributed by atoms with van der Waals surface area (Å²) in [5.74, 6) is 0.182. The molecule has 1 aliphatic carbocycles. The molecule has 33 heavy (non-hydrogen) atoms. The van der Waals surface area contributed by atoms with E-state index in [1.54, 1.807) is 0 Å². The van der Waals surface area contributed by atoms with Crippen LogP contribution in [-0.4, -0.2) is 27.0 Å². The molecule has 0 fully saturated rings. The summed E-state index contributed by atoms with van der Waals surface area (Å²) in [4.78, 5) is 11.2. The number of hydrogen-bond acceptors (Lipinski definition) is 5. The lowest BCUT2D eigenvalue weighted by molar-refractivity contribution is -0.140.